The SMILES string of the molecule is CC/C=C\C/C=C\C/C=C\C/C=C\C/C=C\C/C=C\C/C=C\C/C=C\C/C=C\CCCCCCCCCC(=O)NC(CO)C(O)/C=C/CC/C=C/CC/C=C/CCCCC. The average Bonchev–Trinajstić information content (AvgIpc) is 3.25. The van der Waals surface area contributed by atoms with Gasteiger partial charge >= 0.3 is 0 Å². The summed E-state index contributed by atoms with van der Waals surface area (Å²) < 4.78 is 0. The highest BCUT2D eigenvalue weighted by Gasteiger charge is 2.17. The summed E-state index contributed by atoms with van der Waals surface area (Å²) in [4.78, 5) is 12.4. The molecule has 3 N–H and O–H groups in total. The lowest BCUT2D eigenvalue weighted by atomic mass is 10.1. The van der Waals surface area contributed by atoms with Crippen LogP contribution in [0, 0.1) is 0 Å². The Morgan fingerprint density at radius 1 is 0.417 bits per heavy atom. The molecule has 4 nitrogen and oxygen atoms in total. The van der Waals surface area contributed by atoms with Crippen LogP contribution in [0.25, 0.3) is 0 Å². The maximum Gasteiger partial charge on any atom is 0.220 e. The van der Waals surface area contributed by atoms with Crippen LogP contribution < -0.4 is 5.32 Å². The van der Waals surface area contributed by atoms with E-state index in [0.29, 0.717) is 6.42 Å². The maximum atomic E-state index is 12.4. The molecule has 2 atom stereocenters. The number of allylic oxidation sites excluding steroid dienone is 23. The van der Waals surface area contributed by atoms with Crippen molar-refractivity contribution in [2.45, 2.75) is 193 Å². The molecular formula is C56H89NO3. The van der Waals surface area contributed by atoms with Crippen LogP contribution in [-0.4, -0.2) is 34.9 Å². The molecule has 336 valence electrons. The first-order valence-electron chi connectivity index (χ1n) is 24.0. The van der Waals surface area contributed by atoms with Gasteiger partial charge in [-0.25, -0.2) is 0 Å². The molecule has 0 aromatic carbocycles. The predicted molar refractivity (Wildman–Crippen MR) is 266 cm³/mol. The molecule has 0 rings (SSSR count). The molecule has 1 amide bonds. The lowest BCUT2D eigenvalue weighted by Crippen LogP contribution is -2.45. The highest BCUT2D eigenvalue weighted by Crippen LogP contribution is 2.11. The van der Waals surface area contributed by atoms with Gasteiger partial charge < -0.3 is 15.5 Å². The highest BCUT2D eigenvalue weighted by molar-refractivity contribution is 5.76. The van der Waals surface area contributed by atoms with Crippen LogP contribution in [0.5, 0.6) is 0 Å². The predicted octanol–water partition coefficient (Wildman–Crippen LogP) is 15.7. The number of nitrogens with one attached hydrogen (secondary N) is 1. The molecule has 0 aromatic heterocycles. The Hall–Kier alpha value is -3.73. The summed E-state index contributed by atoms with van der Waals surface area (Å²) in [5.41, 5.74) is 0. The third kappa shape index (κ3) is 45.4. The Morgan fingerprint density at radius 2 is 0.750 bits per heavy atom. The van der Waals surface area contributed by atoms with E-state index in [1.165, 1.54) is 51.4 Å². The fourth-order valence-electron chi connectivity index (χ4n) is 6.14. The summed E-state index contributed by atoms with van der Waals surface area (Å²) in [6, 6.07) is -0.661. The molecular weight excluding hydrogens is 735 g/mol. The van der Waals surface area contributed by atoms with E-state index < -0.39 is 12.1 Å². The average molecular weight is 824 g/mol. The molecule has 0 radical (unpaired) electrons. The van der Waals surface area contributed by atoms with Gasteiger partial charge in [0.15, 0.2) is 0 Å². The molecule has 4 heteroatoms. The monoisotopic (exact) mass is 824 g/mol. The van der Waals surface area contributed by atoms with Gasteiger partial charge in [0.2, 0.25) is 5.91 Å². The van der Waals surface area contributed by atoms with Crippen LogP contribution in [0.3, 0.4) is 0 Å². The van der Waals surface area contributed by atoms with Crippen LogP contribution in [0.15, 0.2) is 146 Å². The molecule has 0 saturated carbocycles. The third-order valence-electron chi connectivity index (χ3n) is 9.78. The first-order chi connectivity index (χ1) is 29.7. The van der Waals surface area contributed by atoms with E-state index in [4.69, 9.17) is 0 Å². The summed E-state index contributed by atoms with van der Waals surface area (Å²) in [5.74, 6) is -0.0983. The summed E-state index contributed by atoms with van der Waals surface area (Å²) in [6.45, 7) is 4.12. The molecule has 0 aliphatic heterocycles. The Labute approximate surface area is 370 Å². The minimum absolute atomic E-state index is 0.0983. The maximum absolute atomic E-state index is 12.4. The molecule has 60 heavy (non-hydrogen) atoms. The zero-order chi connectivity index (χ0) is 43.5. The Kier molecular flexibility index (Phi) is 46.5. The van der Waals surface area contributed by atoms with Gasteiger partial charge in [-0.05, 0) is 116 Å². The van der Waals surface area contributed by atoms with E-state index in [1.807, 2.05) is 6.08 Å². The zero-order valence-corrected chi connectivity index (χ0v) is 38.4. The molecule has 0 aliphatic carbocycles. The number of hydrogen-bond acceptors (Lipinski definition) is 3. The lowest BCUT2D eigenvalue weighted by molar-refractivity contribution is -0.123. The molecule has 2 unspecified atom stereocenters. The topological polar surface area (TPSA) is 69.6 Å². The van der Waals surface area contributed by atoms with Gasteiger partial charge in [-0.3, -0.25) is 4.79 Å². The van der Waals surface area contributed by atoms with E-state index >= 15 is 0 Å². The number of rotatable bonds is 41. The summed E-state index contributed by atoms with van der Waals surface area (Å²) in [7, 11) is 0. The molecule has 0 saturated heterocycles. The van der Waals surface area contributed by atoms with Crippen LogP contribution in [0.4, 0.5) is 0 Å². The number of carbonyl (C=O) groups is 1. The molecule has 0 bridgehead atoms. The standard InChI is InChI=1S/C56H89NO3/c1-3-5-7-9-11-13-15-17-18-19-20-21-22-23-24-25-26-27-28-29-30-31-32-33-34-35-36-37-38-40-42-44-46-48-50-52-56(60)57-54(53-58)55(59)51-49-47-45-43-41-39-16-14-12-10-8-6-4-2/h5,7,11-14,17-18,20-21,23-24,26-27,29-30,32-33,35-36,41,43,49,51,54-55,58-59H,3-4,6,8-10,15-16,19,22,25,28,31,34,37-40,42,44-48,50,52-53H2,1-2H3,(H,57,60)/b7-5-,13-11-,14-12+,18-17-,21-20-,24-23-,27-26-,30-29-,33-32-,36-35-,43-41+,51-49+. The molecule has 0 spiro atoms. The van der Waals surface area contributed by atoms with Crippen molar-refractivity contribution in [2.24, 2.45) is 0 Å². The Morgan fingerprint density at radius 3 is 1.17 bits per heavy atom. The van der Waals surface area contributed by atoms with Crippen LogP contribution >= 0.6 is 0 Å². The Bertz CT molecular complexity index is 1300. The first-order valence-corrected chi connectivity index (χ1v) is 24.0. The minimum atomic E-state index is -0.884. The van der Waals surface area contributed by atoms with Crippen molar-refractivity contribution >= 4 is 5.91 Å². The fourth-order valence-corrected chi connectivity index (χ4v) is 6.14. The number of carbonyl (C=O) groups excluding carboxylic acids is 1. The van der Waals surface area contributed by atoms with E-state index in [1.54, 1.807) is 6.08 Å². The highest BCUT2D eigenvalue weighted by atomic mass is 16.3. The van der Waals surface area contributed by atoms with E-state index in [2.05, 4.69) is 153 Å². The zero-order valence-electron chi connectivity index (χ0n) is 38.4. The largest absolute Gasteiger partial charge is 0.394 e. The first kappa shape index (κ1) is 56.3. The van der Waals surface area contributed by atoms with Crippen molar-refractivity contribution in [1.29, 1.82) is 0 Å². The molecule has 0 aromatic rings. The van der Waals surface area contributed by atoms with Crippen molar-refractivity contribution in [1.82, 2.24) is 5.32 Å². The van der Waals surface area contributed by atoms with Gasteiger partial charge in [0.1, 0.15) is 0 Å². The number of hydrogen-bond donors (Lipinski definition) is 3. The van der Waals surface area contributed by atoms with Gasteiger partial charge in [0.25, 0.3) is 0 Å². The lowest BCUT2D eigenvalue weighted by Gasteiger charge is -2.19. The van der Waals surface area contributed by atoms with Gasteiger partial charge in [0.05, 0.1) is 18.8 Å². The number of unbranched alkanes of at least 4 members (excludes halogenated alkanes) is 12. The second-order valence-corrected chi connectivity index (χ2v) is 15.4. The number of amides is 1. The van der Waals surface area contributed by atoms with Crippen molar-refractivity contribution in [2.75, 3.05) is 6.61 Å². The van der Waals surface area contributed by atoms with Crippen molar-refractivity contribution in [3.05, 3.63) is 146 Å². The summed E-state index contributed by atoms with van der Waals surface area (Å²) in [6.07, 6.45) is 79.6. The van der Waals surface area contributed by atoms with Gasteiger partial charge in [-0.2, -0.15) is 0 Å². The van der Waals surface area contributed by atoms with Crippen LogP contribution in [0.1, 0.15) is 181 Å². The van der Waals surface area contributed by atoms with Crippen molar-refractivity contribution in [3.63, 3.8) is 0 Å². The van der Waals surface area contributed by atoms with Crippen molar-refractivity contribution in [3.8, 4) is 0 Å². The molecule has 0 fully saturated rings. The van der Waals surface area contributed by atoms with Gasteiger partial charge in [-0.15, -0.1) is 0 Å². The molecule has 0 aliphatic rings. The van der Waals surface area contributed by atoms with Crippen LogP contribution in [-0.2, 0) is 4.79 Å². The minimum Gasteiger partial charge on any atom is -0.394 e. The summed E-state index contributed by atoms with van der Waals surface area (Å²) >= 11 is 0. The Balaban J connectivity index is 3.71. The van der Waals surface area contributed by atoms with E-state index in [0.717, 1.165) is 109 Å². The van der Waals surface area contributed by atoms with Gasteiger partial charge in [0, 0.05) is 6.42 Å². The van der Waals surface area contributed by atoms with Crippen LogP contribution in [0.2, 0.25) is 0 Å². The second kappa shape index (κ2) is 49.6. The van der Waals surface area contributed by atoms with E-state index in [9.17, 15) is 15.0 Å². The number of aliphatic hydroxyl groups excluding tert-OH is 2. The normalized spacial score (nSPS) is 14.3. The van der Waals surface area contributed by atoms with E-state index in [-0.39, 0.29) is 12.5 Å². The third-order valence-corrected chi connectivity index (χ3v) is 9.78. The fraction of sp³-hybridized carbons (Fsp3) is 0.554. The van der Waals surface area contributed by atoms with Gasteiger partial charge in [-0.1, -0.05) is 205 Å². The second-order valence-electron chi connectivity index (χ2n) is 15.4. The number of aliphatic hydroxyl groups is 2. The van der Waals surface area contributed by atoms with Crippen molar-refractivity contribution < 1.29 is 15.0 Å². The smallest absolute Gasteiger partial charge is 0.220 e. The summed E-state index contributed by atoms with van der Waals surface area (Å²) in [5, 5.41) is 22.9. The quantitative estimate of drug-likeness (QED) is 0.0425. The molecule has 0 heterocycles.